The average molecular weight is 373 g/mol. The van der Waals surface area contributed by atoms with Crippen LogP contribution in [0.4, 0.5) is 11.4 Å². The van der Waals surface area contributed by atoms with E-state index in [2.05, 4.69) is 4.98 Å². The van der Waals surface area contributed by atoms with E-state index in [0.29, 0.717) is 0 Å². The Morgan fingerprint density at radius 2 is 1.62 bits per heavy atom. The van der Waals surface area contributed by atoms with Gasteiger partial charge in [-0.15, -0.1) is 0 Å². The molecule has 0 amide bonds. The molecule has 24 heavy (non-hydrogen) atoms. The second kappa shape index (κ2) is 6.64. The van der Waals surface area contributed by atoms with Gasteiger partial charge in [0.05, 0.1) is 9.85 Å². The van der Waals surface area contributed by atoms with Gasteiger partial charge >= 0.3 is 16.9 Å². The SMILES string of the molecule is O=c1[nH]c(/C=C/c2cc([N+](=O)[O-])c(Cl)cc2Cl)c([N+](=O)[O-])c(=O)[nH]1. The summed E-state index contributed by atoms with van der Waals surface area (Å²) in [4.78, 5) is 46.6. The molecule has 1 aromatic carbocycles. The first-order valence-electron chi connectivity index (χ1n) is 6.03. The average Bonchev–Trinajstić information content (AvgIpc) is 2.44. The van der Waals surface area contributed by atoms with Crippen molar-refractivity contribution in [2.45, 2.75) is 0 Å². The Bertz CT molecular complexity index is 994. The molecule has 2 N–H and O–H groups in total. The van der Waals surface area contributed by atoms with E-state index in [1.165, 1.54) is 6.08 Å². The number of aromatic nitrogens is 2. The van der Waals surface area contributed by atoms with Crippen LogP contribution in [0.2, 0.25) is 10.0 Å². The predicted molar refractivity (Wildman–Crippen MR) is 86.4 cm³/mol. The molecule has 1 heterocycles. The third-order valence-electron chi connectivity index (χ3n) is 2.82. The fourth-order valence-corrected chi connectivity index (χ4v) is 2.31. The van der Waals surface area contributed by atoms with Crippen LogP contribution in [0, 0.1) is 20.2 Å². The minimum atomic E-state index is -1.18. The largest absolute Gasteiger partial charge is 0.357 e. The molecule has 0 radical (unpaired) electrons. The Morgan fingerprint density at radius 3 is 2.21 bits per heavy atom. The molecular formula is C12H6Cl2N4O6. The summed E-state index contributed by atoms with van der Waals surface area (Å²) in [7, 11) is 0. The van der Waals surface area contributed by atoms with Crippen LogP contribution < -0.4 is 11.2 Å². The quantitative estimate of drug-likeness (QED) is 0.620. The van der Waals surface area contributed by atoms with Crippen LogP contribution in [-0.2, 0) is 0 Å². The third-order valence-corrected chi connectivity index (χ3v) is 3.45. The molecule has 0 unspecified atom stereocenters. The molecule has 0 atom stereocenters. The normalized spacial score (nSPS) is 10.9. The Balaban J connectivity index is 2.59. The Morgan fingerprint density at radius 1 is 0.958 bits per heavy atom. The van der Waals surface area contributed by atoms with Crippen molar-refractivity contribution in [1.29, 1.82) is 0 Å². The maximum Gasteiger partial charge on any atom is 0.357 e. The van der Waals surface area contributed by atoms with Crippen molar-refractivity contribution >= 4 is 46.7 Å². The number of hydrogen-bond acceptors (Lipinski definition) is 6. The molecule has 0 aliphatic carbocycles. The number of nitrogens with one attached hydrogen (secondary N) is 2. The monoisotopic (exact) mass is 372 g/mol. The van der Waals surface area contributed by atoms with Gasteiger partial charge in [0, 0.05) is 16.7 Å². The van der Waals surface area contributed by atoms with Gasteiger partial charge < -0.3 is 4.98 Å². The molecule has 2 rings (SSSR count). The number of nitrogens with zero attached hydrogens (tertiary/aromatic N) is 2. The van der Waals surface area contributed by atoms with Gasteiger partial charge in [0.15, 0.2) is 0 Å². The maximum absolute atomic E-state index is 11.5. The molecule has 0 spiro atoms. The lowest BCUT2D eigenvalue weighted by molar-refractivity contribution is -0.386. The highest BCUT2D eigenvalue weighted by Gasteiger charge is 2.19. The van der Waals surface area contributed by atoms with Crippen molar-refractivity contribution in [1.82, 2.24) is 9.97 Å². The first-order valence-corrected chi connectivity index (χ1v) is 6.79. The van der Waals surface area contributed by atoms with E-state index in [1.54, 1.807) is 4.98 Å². The van der Waals surface area contributed by atoms with Crippen LogP contribution in [0.1, 0.15) is 11.3 Å². The van der Waals surface area contributed by atoms with Gasteiger partial charge in [0.1, 0.15) is 10.7 Å². The van der Waals surface area contributed by atoms with E-state index >= 15 is 0 Å². The van der Waals surface area contributed by atoms with Crippen molar-refractivity contribution < 1.29 is 9.85 Å². The fraction of sp³-hybridized carbons (Fsp3) is 0. The van der Waals surface area contributed by atoms with Crippen LogP contribution in [0.3, 0.4) is 0 Å². The molecule has 1 aromatic heterocycles. The maximum atomic E-state index is 11.5. The summed E-state index contributed by atoms with van der Waals surface area (Å²) in [5, 5.41) is 21.6. The van der Waals surface area contributed by atoms with Crippen molar-refractivity contribution in [3.8, 4) is 0 Å². The lowest BCUT2D eigenvalue weighted by Crippen LogP contribution is -2.25. The van der Waals surface area contributed by atoms with E-state index < -0.39 is 32.5 Å². The standard InChI is InChI=1S/C12H6Cl2N4O6/c13-6-4-7(14)9(17(21)22)3-5(6)1-2-8-10(18(23)24)11(19)16-12(20)15-8/h1-4H,(H2,15,16,19,20)/b2-1+. The number of nitro groups is 2. The van der Waals surface area contributed by atoms with Crippen molar-refractivity contribution in [2.75, 3.05) is 0 Å². The lowest BCUT2D eigenvalue weighted by atomic mass is 10.1. The number of H-pyrrole nitrogens is 2. The second-order valence-corrected chi connectivity index (χ2v) is 5.16. The van der Waals surface area contributed by atoms with Crippen molar-refractivity contribution in [3.05, 3.63) is 74.5 Å². The molecule has 0 aliphatic rings. The summed E-state index contributed by atoms with van der Waals surface area (Å²) >= 11 is 11.6. The van der Waals surface area contributed by atoms with Gasteiger partial charge in [0.25, 0.3) is 5.69 Å². The number of benzene rings is 1. The Hall–Kier alpha value is -2.98. The number of halogens is 2. The van der Waals surface area contributed by atoms with Crippen LogP contribution in [0.15, 0.2) is 21.7 Å². The first-order chi connectivity index (χ1) is 11.2. The minimum Gasteiger partial charge on any atom is -0.301 e. The van der Waals surface area contributed by atoms with Crippen LogP contribution in [-0.4, -0.2) is 19.8 Å². The topological polar surface area (TPSA) is 152 Å². The summed E-state index contributed by atoms with van der Waals surface area (Å²) in [5.74, 6) is 0. The highest BCUT2D eigenvalue weighted by atomic mass is 35.5. The third kappa shape index (κ3) is 3.50. The molecule has 12 heteroatoms. The van der Waals surface area contributed by atoms with Crippen LogP contribution in [0.5, 0.6) is 0 Å². The predicted octanol–water partition coefficient (Wildman–Crippen LogP) is 2.36. The van der Waals surface area contributed by atoms with E-state index in [4.69, 9.17) is 23.2 Å². The van der Waals surface area contributed by atoms with Gasteiger partial charge in [0.2, 0.25) is 0 Å². The summed E-state index contributed by atoms with van der Waals surface area (Å²) in [6, 6.07) is 2.19. The Labute approximate surface area is 141 Å². The van der Waals surface area contributed by atoms with E-state index in [-0.39, 0.29) is 21.3 Å². The molecule has 2 aromatic rings. The highest BCUT2D eigenvalue weighted by molar-refractivity contribution is 6.36. The molecule has 124 valence electrons. The molecule has 0 saturated carbocycles. The van der Waals surface area contributed by atoms with Gasteiger partial charge in [-0.1, -0.05) is 29.3 Å². The minimum absolute atomic E-state index is 0.0386. The fourth-order valence-electron chi connectivity index (χ4n) is 1.79. The van der Waals surface area contributed by atoms with E-state index in [0.717, 1.165) is 18.2 Å². The van der Waals surface area contributed by atoms with Crippen LogP contribution in [0.25, 0.3) is 12.2 Å². The smallest absolute Gasteiger partial charge is 0.301 e. The lowest BCUT2D eigenvalue weighted by Gasteiger charge is -2.01. The van der Waals surface area contributed by atoms with Gasteiger partial charge in [-0.2, -0.15) is 0 Å². The highest BCUT2D eigenvalue weighted by Crippen LogP contribution is 2.31. The molecule has 0 aliphatic heterocycles. The van der Waals surface area contributed by atoms with E-state index in [1.807, 2.05) is 0 Å². The zero-order valence-electron chi connectivity index (χ0n) is 11.4. The van der Waals surface area contributed by atoms with Crippen molar-refractivity contribution in [3.63, 3.8) is 0 Å². The Kier molecular flexibility index (Phi) is 4.81. The van der Waals surface area contributed by atoms with Crippen LogP contribution >= 0.6 is 23.2 Å². The second-order valence-electron chi connectivity index (χ2n) is 4.34. The molecular weight excluding hydrogens is 367 g/mol. The van der Waals surface area contributed by atoms with E-state index in [9.17, 15) is 29.8 Å². The zero-order chi connectivity index (χ0) is 18.0. The summed E-state index contributed by atoms with van der Waals surface area (Å²) in [6.07, 6.45) is 2.21. The number of aromatic amines is 2. The summed E-state index contributed by atoms with van der Waals surface area (Å²) < 4.78 is 0. The molecule has 0 saturated heterocycles. The number of rotatable bonds is 4. The molecule has 0 fully saturated rings. The molecule has 0 bridgehead atoms. The summed E-state index contributed by atoms with van der Waals surface area (Å²) in [6.45, 7) is 0. The van der Waals surface area contributed by atoms with Gasteiger partial charge in [-0.05, 0) is 12.1 Å². The first kappa shape index (κ1) is 17.4. The molecule has 10 nitrogen and oxygen atoms in total. The number of hydrogen-bond donors (Lipinski definition) is 2. The zero-order valence-corrected chi connectivity index (χ0v) is 12.9. The van der Waals surface area contributed by atoms with Gasteiger partial charge in [-0.25, -0.2) is 4.79 Å². The van der Waals surface area contributed by atoms with Crippen molar-refractivity contribution in [2.24, 2.45) is 0 Å². The summed E-state index contributed by atoms with van der Waals surface area (Å²) in [5.41, 5.74) is -3.71. The van der Waals surface area contributed by atoms with Gasteiger partial charge in [-0.3, -0.25) is 30.0 Å². The number of nitro benzene ring substituents is 1.